The fraction of sp³-hybridized carbons (Fsp3) is 0.707. The smallest absolute Gasteiger partial charge is 0.408 e. The lowest BCUT2D eigenvalue weighted by molar-refractivity contribution is -0.144. The molecular formula is C41H54F4N6O9S. The molecule has 7 rings (SSSR count). The van der Waals surface area contributed by atoms with Crippen molar-refractivity contribution in [1.82, 2.24) is 30.2 Å². The number of hydrogen-bond donors (Lipinski definition) is 3. The van der Waals surface area contributed by atoms with Gasteiger partial charge in [0, 0.05) is 24.3 Å². The Morgan fingerprint density at radius 3 is 2.38 bits per heavy atom. The van der Waals surface area contributed by atoms with Crippen molar-refractivity contribution in [2.75, 3.05) is 13.7 Å². The molecule has 336 valence electrons. The first-order valence-corrected chi connectivity index (χ1v) is 22.2. The van der Waals surface area contributed by atoms with Crippen LogP contribution in [0.15, 0.2) is 18.2 Å². The van der Waals surface area contributed by atoms with E-state index >= 15 is 8.78 Å². The summed E-state index contributed by atoms with van der Waals surface area (Å²) in [7, 11) is -2.90. The lowest BCUT2D eigenvalue weighted by Crippen LogP contribution is -2.61. The number of amides is 4. The molecule has 2 aromatic rings. The van der Waals surface area contributed by atoms with Crippen molar-refractivity contribution < 1.29 is 59.4 Å². The molecule has 0 radical (unpaired) electrons. The highest BCUT2D eigenvalue weighted by Crippen LogP contribution is 2.51. The van der Waals surface area contributed by atoms with Gasteiger partial charge in [-0.3, -0.25) is 19.1 Å². The number of ether oxygens (including phenoxy) is 3. The van der Waals surface area contributed by atoms with Gasteiger partial charge in [-0.05, 0) is 76.3 Å². The molecular weight excluding hydrogens is 829 g/mol. The van der Waals surface area contributed by atoms with Crippen molar-refractivity contribution in [3.8, 4) is 11.6 Å². The van der Waals surface area contributed by atoms with Gasteiger partial charge in [0.25, 0.3) is 11.8 Å². The van der Waals surface area contributed by atoms with E-state index in [1.54, 1.807) is 40.7 Å². The summed E-state index contributed by atoms with van der Waals surface area (Å²) in [5.74, 6) is -9.93. The van der Waals surface area contributed by atoms with E-state index in [0.717, 1.165) is 4.90 Å². The fourth-order valence-electron chi connectivity index (χ4n) is 8.78. The van der Waals surface area contributed by atoms with Crippen molar-refractivity contribution in [1.29, 1.82) is 0 Å². The second kappa shape index (κ2) is 15.4. The van der Waals surface area contributed by atoms with E-state index in [1.807, 2.05) is 4.72 Å². The van der Waals surface area contributed by atoms with E-state index in [1.165, 1.54) is 26.2 Å². The molecule has 61 heavy (non-hydrogen) atoms. The number of carbonyl (C=O) groups is 4. The van der Waals surface area contributed by atoms with Crippen LogP contribution in [0.2, 0.25) is 0 Å². The zero-order valence-corrected chi connectivity index (χ0v) is 36.1. The first-order valence-electron chi connectivity index (χ1n) is 20.8. The number of hydrogen-bond acceptors (Lipinski definition) is 11. The average molecular weight is 883 g/mol. The molecule has 3 saturated carbocycles. The fourth-order valence-corrected chi connectivity index (χ4v) is 10.1. The van der Waals surface area contributed by atoms with Crippen LogP contribution in [0.5, 0.6) is 11.6 Å². The van der Waals surface area contributed by atoms with Crippen LogP contribution in [0.3, 0.4) is 0 Å². The molecule has 0 unspecified atom stereocenters. The molecule has 2 aliphatic heterocycles. The Labute approximate surface area is 351 Å². The molecule has 1 saturated heterocycles. The maximum Gasteiger partial charge on any atom is 0.408 e. The number of methoxy groups -OCH3 is 1. The Balaban J connectivity index is 1.31. The maximum absolute atomic E-state index is 16.4. The summed E-state index contributed by atoms with van der Waals surface area (Å²) in [6.07, 6.45) is -4.54. The molecule has 3 aliphatic carbocycles. The Morgan fingerprint density at radius 2 is 1.77 bits per heavy atom. The van der Waals surface area contributed by atoms with E-state index in [9.17, 15) is 36.4 Å². The number of fused-ring (bicyclic) bond motifs is 5. The minimum absolute atomic E-state index is 0.0483. The molecule has 0 spiro atoms. The molecule has 15 nitrogen and oxygen atoms in total. The Morgan fingerprint density at radius 1 is 1.07 bits per heavy atom. The zero-order valence-electron chi connectivity index (χ0n) is 35.3. The van der Waals surface area contributed by atoms with Gasteiger partial charge in [-0.25, -0.2) is 32.0 Å². The lowest BCUT2D eigenvalue weighted by Gasteiger charge is -2.36. The third-order valence-corrected chi connectivity index (χ3v) is 15.5. The maximum atomic E-state index is 16.4. The third-order valence-electron chi connectivity index (χ3n) is 13.3. The number of alkyl carbamates (subject to hydrolysis) is 1. The van der Waals surface area contributed by atoms with Crippen molar-refractivity contribution in [2.45, 2.75) is 146 Å². The summed E-state index contributed by atoms with van der Waals surface area (Å²) >= 11 is 0. The number of benzene rings is 1. The van der Waals surface area contributed by atoms with Gasteiger partial charge in [0.05, 0.1) is 35.4 Å². The topological polar surface area (TPSA) is 195 Å². The minimum Gasteiger partial charge on any atom is -0.497 e. The van der Waals surface area contributed by atoms with Gasteiger partial charge >= 0.3 is 6.09 Å². The quantitative estimate of drug-likeness (QED) is 0.290. The van der Waals surface area contributed by atoms with Crippen LogP contribution in [0.1, 0.15) is 105 Å². The van der Waals surface area contributed by atoms with Crippen LogP contribution < -0.4 is 24.8 Å². The highest BCUT2D eigenvalue weighted by Gasteiger charge is 2.68. The van der Waals surface area contributed by atoms with Gasteiger partial charge in [-0.1, -0.05) is 34.1 Å². The standard InChI is InChI=1S/C41H54F4N6O9S/c1-8-23-27-20-51(28(23)32(52)49-40(19-24(40)31(42)43)35(54)50-61(56,57)38(5)15-16-38)34(53)30(37(2,3)4)48-36(55)60-39(6)18-21(39)11-9-10-14-41(44,45)29-33(59-27)47-26-17-22(58-7)12-13-25(26)46-29/h12-13,17,21,23-24,27-28,30-31H,8-11,14-16,18-20H2,1-7H3,(H,48,55)(H,49,52)(H,50,54)/t21-,23-,24+,27+,28+,30-,39-,40-/m1/s1. The summed E-state index contributed by atoms with van der Waals surface area (Å²) in [5, 5.41) is 5.09. The largest absolute Gasteiger partial charge is 0.497 e. The number of nitrogens with one attached hydrogen (secondary N) is 3. The zero-order chi connectivity index (χ0) is 44.7. The summed E-state index contributed by atoms with van der Waals surface area (Å²) in [5.41, 5.74) is -4.76. The first-order chi connectivity index (χ1) is 28.4. The van der Waals surface area contributed by atoms with Gasteiger partial charge in [0.15, 0.2) is 5.69 Å². The molecule has 1 aromatic carbocycles. The third kappa shape index (κ3) is 8.41. The second-order valence-electron chi connectivity index (χ2n) is 18.9. The van der Waals surface area contributed by atoms with Crippen molar-refractivity contribution in [3.63, 3.8) is 0 Å². The Bertz CT molecular complexity index is 2220. The van der Waals surface area contributed by atoms with Gasteiger partial charge < -0.3 is 29.7 Å². The molecule has 5 aliphatic rings. The SMILES string of the molecule is CC[C@@H]1[C@@H]2CN(C(=O)[C@H](C(C)(C)C)NC(=O)O[C@]3(C)C[C@H]3CCCCC(F)(F)c3nc4ccc(OC)cc4nc3O2)[C@@H]1C(=O)N[C@]1(C(=O)NS(=O)(=O)C2(C)CC2)C[C@H]1C(F)F. The predicted octanol–water partition coefficient (Wildman–Crippen LogP) is 5.35. The summed E-state index contributed by atoms with van der Waals surface area (Å²) in [4.78, 5) is 66.7. The number of alkyl halides is 4. The van der Waals surface area contributed by atoms with Crippen molar-refractivity contribution in [2.24, 2.45) is 23.2 Å². The van der Waals surface area contributed by atoms with E-state index in [4.69, 9.17) is 14.2 Å². The van der Waals surface area contributed by atoms with Crippen LogP contribution in [0, 0.1) is 23.2 Å². The van der Waals surface area contributed by atoms with Crippen LogP contribution in [0.25, 0.3) is 11.0 Å². The van der Waals surface area contributed by atoms with E-state index in [-0.39, 0.29) is 42.6 Å². The van der Waals surface area contributed by atoms with E-state index in [0.29, 0.717) is 25.0 Å². The van der Waals surface area contributed by atoms with Gasteiger partial charge in [-0.2, -0.15) is 8.78 Å². The summed E-state index contributed by atoms with van der Waals surface area (Å²) in [6, 6.07) is 1.57. The van der Waals surface area contributed by atoms with E-state index < -0.39 is 128 Å². The number of halogens is 4. The van der Waals surface area contributed by atoms with Crippen molar-refractivity contribution >= 4 is 44.9 Å². The minimum atomic E-state index is -4.32. The number of carbonyl (C=O) groups excluding carboxylic acids is 4. The normalized spacial score (nSPS) is 32.2. The van der Waals surface area contributed by atoms with Gasteiger partial charge in [0.1, 0.15) is 35.1 Å². The predicted molar refractivity (Wildman–Crippen MR) is 211 cm³/mol. The number of rotatable bonds is 8. The Hall–Kier alpha value is -4.49. The lowest BCUT2D eigenvalue weighted by atomic mass is 9.85. The van der Waals surface area contributed by atoms with Crippen molar-refractivity contribution in [3.05, 3.63) is 23.9 Å². The van der Waals surface area contributed by atoms with Crippen LogP contribution in [-0.4, -0.2) is 101 Å². The van der Waals surface area contributed by atoms with Crippen LogP contribution >= 0.6 is 0 Å². The molecule has 1 aromatic heterocycles. The monoisotopic (exact) mass is 882 g/mol. The van der Waals surface area contributed by atoms with Gasteiger partial charge in [-0.15, -0.1) is 0 Å². The van der Waals surface area contributed by atoms with Crippen LogP contribution in [0.4, 0.5) is 22.4 Å². The number of sulfonamides is 1. The van der Waals surface area contributed by atoms with Gasteiger partial charge in [0.2, 0.25) is 34.1 Å². The highest BCUT2D eigenvalue weighted by molar-refractivity contribution is 7.91. The summed E-state index contributed by atoms with van der Waals surface area (Å²) in [6.45, 7) is 9.35. The molecule has 20 heteroatoms. The Kier molecular flexibility index (Phi) is 11.2. The van der Waals surface area contributed by atoms with Crippen LogP contribution in [-0.2, 0) is 35.1 Å². The summed E-state index contributed by atoms with van der Waals surface area (Å²) < 4.78 is 106. The number of aromatic nitrogens is 2. The highest BCUT2D eigenvalue weighted by atomic mass is 32.2. The molecule has 4 amide bonds. The average Bonchev–Trinajstić information content (AvgIpc) is 4.13. The van der Waals surface area contributed by atoms with E-state index in [2.05, 4.69) is 20.6 Å². The molecule has 3 heterocycles. The molecule has 4 fully saturated rings. The number of nitrogens with zero attached hydrogens (tertiary/aromatic N) is 3. The molecule has 8 atom stereocenters. The second-order valence-corrected chi connectivity index (χ2v) is 21.1. The molecule has 2 bridgehead atoms. The first kappa shape index (κ1) is 44.6. The molecule has 3 N–H and O–H groups in total.